The normalized spacial score (nSPS) is 26.5. The van der Waals surface area contributed by atoms with Crippen molar-refractivity contribution in [1.29, 1.82) is 0 Å². The van der Waals surface area contributed by atoms with Crippen LogP contribution in [-0.4, -0.2) is 24.4 Å². The van der Waals surface area contributed by atoms with Crippen LogP contribution in [0.2, 0.25) is 0 Å². The Morgan fingerprint density at radius 3 is 2.76 bits per heavy atom. The molecule has 0 radical (unpaired) electrons. The molecule has 1 fully saturated rings. The summed E-state index contributed by atoms with van der Waals surface area (Å²) in [7, 11) is -3.67. The molecule has 3 atom stereocenters. The Hall–Kier alpha value is -1.05. The van der Waals surface area contributed by atoms with E-state index in [1.165, 1.54) is 12.3 Å². The van der Waals surface area contributed by atoms with Crippen LogP contribution in [0.4, 0.5) is 0 Å². The van der Waals surface area contributed by atoms with Crippen LogP contribution in [0.25, 0.3) is 0 Å². The maximum absolute atomic E-state index is 12.6. The standard InChI is InChI=1S/C14H21N3O2S2/c1-9-5-6-11(10(2)8-9)17-21(18,19)12-4-3-7-16-13(12)14(15)20/h3-4,7,9-11,17H,5-6,8H2,1-2H3,(H2,15,20). The number of rotatable bonds is 4. The van der Waals surface area contributed by atoms with E-state index >= 15 is 0 Å². The van der Waals surface area contributed by atoms with Crippen LogP contribution < -0.4 is 10.5 Å². The Morgan fingerprint density at radius 1 is 1.43 bits per heavy atom. The van der Waals surface area contributed by atoms with Crippen molar-refractivity contribution in [3.8, 4) is 0 Å². The Bertz CT molecular complexity index is 631. The third-order valence-electron chi connectivity index (χ3n) is 4.03. The van der Waals surface area contributed by atoms with Crippen molar-refractivity contribution in [1.82, 2.24) is 9.71 Å². The van der Waals surface area contributed by atoms with E-state index in [0.717, 1.165) is 19.3 Å². The number of nitrogens with one attached hydrogen (secondary N) is 1. The topological polar surface area (TPSA) is 85.1 Å². The maximum atomic E-state index is 12.6. The molecule has 116 valence electrons. The first kappa shape index (κ1) is 16.3. The maximum Gasteiger partial charge on any atom is 0.243 e. The summed E-state index contributed by atoms with van der Waals surface area (Å²) in [5, 5.41) is 0. The highest BCUT2D eigenvalue weighted by molar-refractivity contribution is 7.89. The second kappa shape index (κ2) is 6.37. The lowest BCUT2D eigenvalue weighted by Gasteiger charge is -2.33. The van der Waals surface area contributed by atoms with Gasteiger partial charge >= 0.3 is 0 Å². The minimum atomic E-state index is -3.67. The molecule has 7 heteroatoms. The van der Waals surface area contributed by atoms with Gasteiger partial charge in [0.2, 0.25) is 10.0 Å². The van der Waals surface area contributed by atoms with Crippen LogP contribution >= 0.6 is 12.2 Å². The Morgan fingerprint density at radius 2 is 2.14 bits per heavy atom. The van der Waals surface area contributed by atoms with Gasteiger partial charge in [-0.25, -0.2) is 13.1 Å². The van der Waals surface area contributed by atoms with E-state index in [0.29, 0.717) is 11.8 Å². The van der Waals surface area contributed by atoms with E-state index in [9.17, 15) is 8.42 Å². The summed E-state index contributed by atoms with van der Waals surface area (Å²) in [6.07, 6.45) is 4.40. The molecule has 1 aromatic heterocycles. The van der Waals surface area contributed by atoms with E-state index in [4.69, 9.17) is 18.0 Å². The first-order valence-corrected chi connectivity index (χ1v) is 8.97. The van der Waals surface area contributed by atoms with Gasteiger partial charge < -0.3 is 5.73 Å². The molecule has 1 aliphatic rings. The molecule has 0 aromatic carbocycles. The van der Waals surface area contributed by atoms with Crippen molar-refractivity contribution in [3.05, 3.63) is 24.0 Å². The summed E-state index contributed by atoms with van der Waals surface area (Å²) in [4.78, 5) is 4.03. The minimum Gasteiger partial charge on any atom is -0.388 e. The van der Waals surface area contributed by atoms with E-state index in [1.807, 2.05) is 0 Å². The van der Waals surface area contributed by atoms with E-state index in [2.05, 4.69) is 23.6 Å². The fourth-order valence-corrected chi connectivity index (χ4v) is 4.67. The zero-order chi connectivity index (χ0) is 15.6. The molecule has 1 aromatic rings. The van der Waals surface area contributed by atoms with Crippen LogP contribution in [0.5, 0.6) is 0 Å². The summed E-state index contributed by atoms with van der Waals surface area (Å²) in [5.41, 5.74) is 5.72. The number of pyridine rings is 1. The fourth-order valence-electron chi connectivity index (χ4n) is 2.90. The zero-order valence-electron chi connectivity index (χ0n) is 12.2. The number of aromatic nitrogens is 1. The van der Waals surface area contributed by atoms with Gasteiger partial charge in [-0.1, -0.05) is 26.1 Å². The summed E-state index contributed by atoms with van der Waals surface area (Å²) in [6.45, 7) is 4.29. The SMILES string of the molecule is CC1CCC(NS(=O)(=O)c2cccnc2C(N)=S)C(C)C1. The molecule has 1 heterocycles. The molecule has 21 heavy (non-hydrogen) atoms. The van der Waals surface area contributed by atoms with Crippen LogP contribution in [0, 0.1) is 11.8 Å². The van der Waals surface area contributed by atoms with Crippen LogP contribution in [0.15, 0.2) is 23.2 Å². The molecule has 2 rings (SSSR count). The van der Waals surface area contributed by atoms with Crippen molar-refractivity contribution in [2.45, 2.75) is 44.0 Å². The molecule has 0 aliphatic heterocycles. The van der Waals surface area contributed by atoms with E-state index < -0.39 is 10.0 Å². The average Bonchev–Trinajstić information content (AvgIpc) is 2.42. The molecule has 0 spiro atoms. The Labute approximate surface area is 131 Å². The Balaban J connectivity index is 2.25. The lowest BCUT2D eigenvalue weighted by atomic mass is 9.80. The Kier molecular flexibility index (Phi) is 4.95. The molecule has 1 aliphatic carbocycles. The monoisotopic (exact) mass is 327 g/mol. The van der Waals surface area contributed by atoms with Gasteiger partial charge in [0.15, 0.2) is 0 Å². The lowest BCUT2D eigenvalue weighted by molar-refractivity contribution is 0.249. The molecule has 5 nitrogen and oxygen atoms in total. The van der Waals surface area contributed by atoms with Gasteiger partial charge in [-0.2, -0.15) is 0 Å². The van der Waals surface area contributed by atoms with Gasteiger partial charge in [0.05, 0.1) is 0 Å². The third kappa shape index (κ3) is 3.78. The van der Waals surface area contributed by atoms with Crippen LogP contribution in [0.1, 0.15) is 38.8 Å². The van der Waals surface area contributed by atoms with Crippen molar-refractivity contribution in [2.24, 2.45) is 17.6 Å². The second-order valence-corrected chi connectivity index (χ2v) is 7.96. The predicted molar refractivity (Wildman–Crippen MR) is 86.4 cm³/mol. The molecule has 0 saturated heterocycles. The molecular weight excluding hydrogens is 306 g/mol. The van der Waals surface area contributed by atoms with Crippen molar-refractivity contribution >= 4 is 27.2 Å². The van der Waals surface area contributed by atoms with Gasteiger partial charge in [-0.3, -0.25) is 4.98 Å². The summed E-state index contributed by atoms with van der Waals surface area (Å²) >= 11 is 4.88. The minimum absolute atomic E-state index is 0.0127. The lowest BCUT2D eigenvalue weighted by Crippen LogP contribution is -2.42. The summed E-state index contributed by atoms with van der Waals surface area (Å²) in [5.74, 6) is 0.958. The number of sulfonamides is 1. The molecule has 0 amide bonds. The van der Waals surface area contributed by atoms with Gasteiger partial charge in [0.1, 0.15) is 15.6 Å². The number of nitrogens with two attached hydrogens (primary N) is 1. The second-order valence-electron chi connectivity index (χ2n) is 5.84. The smallest absolute Gasteiger partial charge is 0.243 e. The first-order valence-electron chi connectivity index (χ1n) is 7.08. The quantitative estimate of drug-likeness (QED) is 0.824. The van der Waals surface area contributed by atoms with Crippen LogP contribution in [0.3, 0.4) is 0 Å². The number of hydrogen-bond acceptors (Lipinski definition) is 4. The molecule has 3 N–H and O–H groups in total. The highest BCUT2D eigenvalue weighted by Gasteiger charge is 2.30. The summed E-state index contributed by atoms with van der Waals surface area (Å²) in [6, 6.07) is 3.01. The predicted octanol–water partition coefficient (Wildman–Crippen LogP) is 1.82. The van der Waals surface area contributed by atoms with Crippen molar-refractivity contribution < 1.29 is 8.42 Å². The van der Waals surface area contributed by atoms with Gasteiger partial charge in [-0.05, 0) is 43.2 Å². The largest absolute Gasteiger partial charge is 0.388 e. The highest BCUT2D eigenvalue weighted by Crippen LogP contribution is 2.29. The number of nitrogens with zero attached hydrogens (tertiary/aromatic N) is 1. The van der Waals surface area contributed by atoms with Crippen LogP contribution in [-0.2, 0) is 10.0 Å². The van der Waals surface area contributed by atoms with Gasteiger partial charge in [-0.15, -0.1) is 0 Å². The van der Waals surface area contributed by atoms with Crippen molar-refractivity contribution in [3.63, 3.8) is 0 Å². The number of hydrogen-bond donors (Lipinski definition) is 2. The molecular formula is C14H21N3O2S2. The molecule has 0 bridgehead atoms. The van der Waals surface area contributed by atoms with E-state index in [-0.39, 0.29) is 21.6 Å². The third-order valence-corrected chi connectivity index (χ3v) is 5.75. The summed E-state index contributed by atoms with van der Waals surface area (Å²) < 4.78 is 28.0. The van der Waals surface area contributed by atoms with Gasteiger partial charge in [0, 0.05) is 12.2 Å². The van der Waals surface area contributed by atoms with Crippen molar-refractivity contribution in [2.75, 3.05) is 0 Å². The number of thiocarbonyl (C=S) groups is 1. The average molecular weight is 327 g/mol. The fraction of sp³-hybridized carbons (Fsp3) is 0.571. The zero-order valence-corrected chi connectivity index (χ0v) is 13.9. The molecule has 1 saturated carbocycles. The first-order chi connectivity index (χ1) is 9.81. The van der Waals surface area contributed by atoms with Gasteiger partial charge in [0.25, 0.3) is 0 Å². The van der Waals surface area contributed by atoms with E-state index in [1.54, 1.807) is 6.07 Å². The highest BCUT2D eigenvalue weighted by atomic mass is 32.2. The molecule has 3 unspecified atom stereocenters.